The van der Waals surface area contributed by atoms with Crippen LogP contribution in [0.1, 0.15) is 54.6 Å². The van der Waals surface area contributed by atoms with Crippen molar-refractivity contribution in [3.63, 3.8) is 0 Å². The summed E-state index contributed by atoms with van der Waals surface area (Å²) in [4.78, 5) is 11.3. The zero-order valence-electron chi connectivity index (χ0n) is 11.4. The quantitative estimate of drug-likeness (QED) is 0.892. The molecule has 0 aromatic heterocycles. The lowest BCUT2D eigenvalue weighted by molar-refractivity contribution is 0.0999. The van der Waals surface area contributed by atoms with Gasteiger partial charge in [0.05, 0.1) is 0 Å². The van der Waals surface area contributed by atoms with Crippen LogP contribution in [0.15, 0.2) is 18.2 Å². The third kappa shape index (κ3) is 4.18. The van der Waals surface area contributed by atoms with Crippen LogP contribution in [0, 0.1) is 12.8 Å². The van der Waals surface area contributed by atoms with E-state index in [0.29, 0.717) is 17.4 Å². The van der Waals surface area contributed by atoms with Crippen molar-refractivity contribution in [2.75, 3.05) is 0 Å². The zero-order valence-corrected chi connectivity index (χ0v) is 13.0. The SMILES string of the molecule is CCC(c1cccc(C(N)=O)c1C)C(C)C.Cl.Cl. The van der Waals surface area contributed by atoms with Gasteiger partial charge >= 0.3 is 0 Å². The van der Waals surface area contributed by atoms with Crippen molar-refractivity contribution in [2.45, 2.75) is 40.0 Å². The van der Waals surface area contributed by atoms with Crippen LogP contribution < -0.4 is 5.73 Å². The van der Waals surface area contributed by atoms with Crippen LogP contribution >= 0.6 is 24.8 Å². The maximum atomic E-state index is 11.3. The Balaban J connectivity index is 0. The Morgan fingerprint density at radius 3 is 2.22 bits per heavy atom. The van der Waals surface area contributed by atoms with Gasteiger partial charge in [0.15, 0.2) is 0 Å². The average Bonchev–Trinajstić information content (AvgIpc) is 2.20. The molecule has 0 fully saturated rings. The summed E-state index contributed by atoms with van der Waals surface area (Å²) in [6.45, 7) is 8.59. The number of nitrogens with two attached hydrogens (primary N) is 1. The molecule has 1 aromatic rings. The van der Waals surface area contributed by atoms with Gasteiger partial charge in [-0.2, -0.15) is 0 Å². The number of amides is 1. The van der Waals surface area contributed by atoms with Gasteiger partial charge in [-0.15, -0.1) is 24.8 Å². The highest BCUT2D eigenvalue weighted by molar-refractivity contribution is 5.94. The number of hydrogen-bond donors (Lipinski definition) is 1. The predicted molar refractivity (Wildman–Crippen MR) is 82.1 cm³/mol. The van der Waals surface area contributed by atoms with Crippen molar-refractivity contribution in [3.8, 4) is 0 Å². The molecular formula is C14H23Cl2NO. The average molecular weight is 292 g/mol. The second-order valence-electron chi connectivity index (χ2n) is 4.64. The molecule has 18 heavy (non-hydrogen) atoms. The van der Waals surface area contributed by atoms with E-state index in [0.717, 1.165) is 12.0 Å². The highest BCUT2D eigenvalue weighted by atomic mass is 35.5. The second-order valence-corrected chi connectivity index (χ2v) is 4.64. The van der Waals surface area contributed by atoms with Gasteiger partial charge < -0.3 is 5.73 Å². The van der Waals surface area contributed by atoms with Gasteiger partial charge in [-0.1, -0.05) is 32.9 Å². The fourth-order valence-electron chi connectivity index (χ4n) is 2.37. The fourth-order valence-corrected chi connectivity index (χ4v) is 2.37. The molecule has 1 atom stereocenters. The van der Waals surface area contributed by atoms with Crippen LogP contribution in [0.2, 0.25) is 0 Å². The molecule has 0 radical (unpaired) electrons. The third-order valence-electron chi connectivity index (χ3n) is 3.29. The van der Waals surface area contributed by atoms with Gasteiger partial charge in [0.1, 0.15) is 0 Å². The lowest BCUT2D eigenvalue weighted by atomic mass is 9.83. The highest BCUT2D eigenvalue weighted by Crippen LogP contribution is 2.31. The van der Waals surface area contributed by atoms with Gasteiger partial charge in [-0.3, -0.25) is 4.79 Å². The Bertz CT molecular complexity index is 391. The summed E-state index contributed by atoms with van der Waals surface area (Å²) in [5.74, 6) is 0.740. The second kappa shape index (κ2) is 8.39. The standard InChI is InChI=1S/C14H21NO.2ClH/c1-5-11(9(2)3)12-7-6-8-13(10(12)4)14(15)16;;/h6-9,11H,5H2,1-4H3,(H2,15,16);2*1H. The van der Waals surface area contributed by atoms with Crippen molar-refractivity contribution in [3.05, 3.63) is 34.9 Å². The van der Waals surface area contributed by atoms with E-state index in [1.165, 1.54) is 5.56 Å². The first-order chi connectivity index (χ1) is 7.49. The Morgan fingerprint density at radius 1 is 1.28 bits per heavy atom. The van der Waals surface area contributed by atoms with E-state index in [2.05, 4.69) is 26.8 Å². The molecule has 0 aliphatic rings. The predicted octanol–water partition coefficient (Wildman–Crippen LogP) is 4.09. The van der Waals surface area contributed by atoms with E-state index in [1.807, 2.05) is 13.0 Å². The molecular weight excluding hydrogens is 269 g/mol. The maximum Gasteiger partial charge on any atom is 0.248 e. The van der Waals surface area contributed by atoms with Crippen molar-refractivity contribution in [1.29, 1.82) is 0 Å². The van der Waals surface area contributed by atoms with Crippen LogP contribution in [0.4, 0.5) is 0 Å². The normalized spacial score (nSPS) is 11.4. The first kappa shape index (κ1) is 19.6. The lowest BCUT2D eigenvalue weighted by Gasteiger charge is -2.22. The van der Waals surface area contributed by atoms with Crippen molar-refractivity contribution in [2.24, 2.45) is 11.7 Å². The number of carbonyl (C=O) groups excluding carboxylic acids is 1. The van der Waals surface area contributed by atoms with Crippen molar-refractivity contribution < 1.29 is 4.79 Å². The molecule has 0 heterocycles. The molecule has 2 N–H and O–H groups in total. The molecule has 0 aliphatic heterocycles. The van der Waals surface area contributed by atoms with E-state index in [-0.39, 0.29) is 30.7 Å². The topological polar surface area (TPSA) is 43.1 Å². The number of primary amides is 1. The van der Waals surface area contributed by atoms with Crippen LogP contribution in [0.5, 0.6) is 0 Å². The molecule has 1 amide bonds. The molecule has 0 aliphatic carbocycles. The van der Waals surface area contributed by atoms with Gasteiger partial charge in [0, 0.05) is 5.56 Å². The van der Waals surface area contributed by atoms with Gasteiger partial charge in [0.25, 0.3) is 0 Å². The summed E-state index contributed by atoms with van der Waals surface area (Å²) in [5, 5.41) is 0. The molecule has 2 nitrogen and oxygen atoms in total. The van der Waals surface area contributed by atoms with Crippen LogP contribution in [-0.2, 0) is 0 Å². The van der Waals surface area contributed by atoms with Crippen molar-refractivity contribution in [1.82, 2.24) is 0 Å². The van der Waals surface area contributed by atoms with E-state index in [1.54, 1.807) is 6.07 Å². The Hall–Kier alpha value is -0.730. The third-order valence-corrected chi connectivity index (χ3v) is 3.29. The van der Waals surface area contributed by atoms with Crippen LogP contribution in [0.3, 0.4) is 0 Å². The summed E-state index contributed by atoms with van der Waals surface area (Å²) in [6.07, 6.45) is 1.08. The molecule has 0 saturated carbocycles. The van der Waals surface area contributed by atoms with E-state index in [9.17, 15) is 4.79 Å². The maximum absolute atomic E-state index is 11.3. The Labute approximate surface area is 122 Å². The lowest BCUT2D eigenvalue weighted by Crippen LogP contribution is -2.15. The Morgan fingerprint density at radius 2 is 1.83 bits per heavy atom. The summed E-state index contributed by atoms with van der Waals surface area (Å²) in [6, 6.07) is 5.83. The number of rotatable bonds is 4. The molecule has 0 bridgehead atoms. The minimum Gasteiger partial charge on any atom is -0.366 e. The molecule has 1 unspecified atom stereocenters. The van der Waals surface area contributed by atoms with Crippen molar-refractivity contribution >= 4 is 30.7 Å². The monoisotopic (exact) mass is 291 g/mol. The number of benzene rings is 1. The Kier molecular flexibility index (Phi) is 9.13. The first-order valence-electron chi connectivity index (χ1n) is 5.88. The molecule has 4 heteroatoms. The minimum absolute atomic E-state index is 0. The van der Waals surface area contributed by atoms with Gasteiger partial charge in [-0.05, 0) is 42.4 Å². The summed E-state index contributed by atoms with van der Waals surface area (Å²) in [7, 11) is 0. The number of halogens is 2. The summed E-state index contributed by atoms with van der Waals surface area (Å²) >= 11 is 0. The van der Waals surface area contributed by atoms with E-state index in [4.69, 9.17) is 5.73 Å². The minimum atomic E-state index is -0.335. The zero-order chi connectivity index (χ0) is 12.3. The molecule has 1 rings (SSSR count). The summed E-state index contributed by atoms with van der Waals surface area (Å²) in [5.41, 5.74) is 8.31. The van der Waals surface area contributed by atoms with E-state index >= 15 is 0 Å². The largest absolute Gasteiger partial charge is 0.366 e. The molecule has 104 valence electrons. The van der Waals surface area contributed by atoms with Crippen LogP contribution in [0.25, 0.3) is 0 Å². The molecule has 0 saturated heterocycles. The van der Waals surface area contributed by atoms with Gasteiger partial charge in [0.2, 0.25) is 5.91 Å². The smallest absolute Gasteiger partial charge is 0.248 e. The summed E-state index contributed by atoms with van der Waals surface area (Å²) < 4.78 is 0. The molecule has 0 spiro atoms. The highest BCUT2D eigenvalue weighted by Gasteiger charge is 2.18. The van der Waals surface area contributed by atoms with E-state index < -0.39 is 0 Å². The first-order valence-corrected chi connectivity index (χ1v) is 5.88. The number of carbonyl (C=O) groups is 1. The van der Waals surface area contributed by atoms with Crippen LogP contribution in [-0.4, -0.2) is 5.91 Å². The van der Waals surface area contributed by atoms with Gasteiger partial charge in [-0.25, -0.2) is 0 Å². The molecule has 1 aromatic carbocycles. The number of hydrogen-bond acceptors (Lipinski definition) is 1. The fraction of sp³-hybridized carbons (Fsp3) is 0.500.